The first kappa shape index (κ1) is 21.6. The Hall–Kier alpha value is -3.40. The van der Waals surface area contributed by atoms with Crippen LogP contribution in [0.4, 0.5) is 0 Å². The molecule has 27 heavy (non-hydrogen) atoms. The Kier molecular flexibility index (Phi) is 9.03. The fraction of sp³-hybridized carbons (Fsp3) is 0.300. The second-order valence-electron chi connectivity index (χ2n) is 5.20. The van der Waals surface area contributed by atoms with Crippen molar-refractivity contribution in [1.29, 1.82) is 5.26 Å². The third-order valence-electron chi connectivity index (χ3n) is 3.21. The number of nitrogens with zero attached hydrogens (tertiary/aromatic N) is 1. The summed E-state index contributed by atoms with van der Waals surface area (Å²) in [5.74, 6) is -1.47. The summed E-state index contributed by atoms with van der Waals surface area (Å²) in [4.78, 5) is 34.8. The molecule has 0 saturated heterocycles. The quantitative estimate of drug-likeness (QED) is 0.485. The third kappa shape index (κ3) is 7.57. The zero-order valence-corrected chi connectivity index (χ0v) is 15.4. The molecule has 0 aliphatic heterocycles. The van der Waals surface area contributed by atoms with Gasteiger partial charge in [0.25, 0.3) is 0 Å². The van der Waals surface area contributed by atoms with Crippen LogP contribution in [0.15, 0.2) is 36.4 Å². The van der Waals surface area contributed by atoms with E-state index in [0.717, 1.165) is 12.2 Å². The highest BCUT2D eigenvalue weighted by atomic mass is 16.5. The lowest BCUT2D eigenvalue weighted by Crippen LogP contribution is -2.21. The zero-order chi connectivity index (χ0) is 20.2. The topological polar surface area (TPSA) is 103 Å². The number of carbonyl (C=O) groups is 3. The van der Waals surface area contributed by atoms with Crippen molar-refractivity contribution < 1.29 is 28.6 Å². The van der Waals surface area contributed by atoms with Gasteiger partial charge in [-0.1, -0.05) is 0 Å². The van der Waals surface area contributed by atoms with Gasteiger partial charge in [0.05, 0.1) is 24.8 Å². The van der Waals surface area contributed by atoms with Crippen molar-refractivity contribution in [2.24, 2.45) is 0 Å². The van der Waals surface area contributed by atoms with Gasteiger partial charge in [0.2, 0.25) is 0 Å². The van der Waals surface area contributed by atoms with Crippen molar-refractivity contribution >= 4 is 23.8 Å². The molecule has 0 saturated carbocycles. The molecule has 0 spiro atoms. The Morgan fingerprint density at radius 1 is 1.11 bits per heavy atom. The molecule has 0 amide bonds. The maximum Gasteiger partial charge on any atom is 0.331 e. The number of benzene rings is 1. The fourth-order valence-electron chi connectivity index (χ4n) is 1.93. The number of rotatable bonds is 9. The Morgan fingerprint density at radius 3 is 2.44 bits per heavy atom. The first-order chi connectivity index (χ1) is 12.9. The molecule has 1 atom stereocenters. The summed E-state index contributed by atoms with van der Waals surface area (Å²) in [5, 5.41) is 8.94. The molecule has 1 rings (SSSR count). The molecule has 7 heteroatoms. The molecule has 142 valence electrons. The molecule has 1 aromatic rings. The third-order valence-corrected chi connectivity index (χ3v) is 3.21. The highest BCUT2D eigenvalue weighted by molar-refractivity contribution is 5.99. The number of hydrogen-bond donors (Lipinski definition) is 0. The summed E-state index contributed by atoms with van der Waals surface area (Å²) < 4.78 is 15.0. The summed E-state index contributed by atoms with van der Waals surface area (Å²) in [6.07, 6.45) is 3.59. The van der Waals surface area contributed by atoms with E-state index in [0.29, 0.717) is 23.5 Å². The molecule has 7 nitrogen and oxygen atoms in total. The first-order valence-electron chi connectivity index (χ1n) is 8.35. The van der Waals surface area contributed by atoms with Gasteiger partial charge in [-0.25, -0.2) is 9.59 Å². The lowest BCUT2D eigenvalue weighted by Gasteiger charge is -2.09. The second-order valence-corrected chi connectivity index (χ2v) is 5.20. The van der Waals surface area contributed by atoms with E-state index in [1.54, 1.807) is 25.1 Å². The van der Waals surface area contributed by atoms with E-state index in [-0.39, 0.29) is 6.61 Å². The molecule has 0 fully saturated rings. The summed E-state index contributed by atoms with van der Waals surface area (Å²) in [5.41, 5.74) is 1.06. The van der Waals surface area contributed by atoms with Gasteiger partial charge in [0, 0.05) is 17.7 Å². The van der Waals surface area contributed by atoms with Gasteiger partial charge in [-0.05, 0) is 51.1 Å². The molecule has 0 bridgehead atoms. The van der Waals surface area contributed by atoms with E-state index >= 15 is 0 Å². The molecular formula is C20H21NO6. The standard InChI is InChI=1S/C20H21NO6/c1-4-25-18-12-15(13-21)6-7-16(18)8-9-17(22)14(3)27-20(24)11-10-19(23)26-5-2/h6-12,14H,4-5H2,1-3H3/b9-8+,11-10+. The van der Waals surface area contributed by atoms with Gasteiger partial charge in [-0.2, -0.15) is 5.26 Å². The molecule has 0 heterocycles. The van der Waals surface area contributed by atoms with Crippen LogP contribution in [0.5, 0.6) is 5.75 Å². The Bertz CT molecular complexity index is 788. The second kappa shape index (κ2) is 11.3. The van der Waals surface area contributed by atoms with E-state index in [1.165, 1.54) is 19.1 Å². The van der Waals surface area contributed by atoms with E-state index in [2.05, 4.69) is 4.74 Å². The van der Waals surface area contributed by atoms with Gasteiger partial charge >= 0.3 is 11.9 Å². The van der Waals surface area contributed by atoms with E-state index in [1.807, 2.05) is 13.0 Å². The van der Waals surface area contributed by atoms with Gasteiger partial charge < -0.3 is 14.2 Å². The smallest absolute Gasteiger partial charge is 0.331 e. The van der Waals surface area contributed by atoms with Crippen LogP contribution in [0, 0.1) is 11.3 Å². The van der Waals surface area contributed by atoms with Gasteiger partial charge in [0.15, 0.2) is 11.9 Å². The van der Waals surface area contributed by atoms with Crippen LogP contribution in [0.1, 0.15) is 31.9 Å². The van der Waals surface area contributed by atoms with E-state index < -0.39 is 23.8 Å². The van der Waals surface area contributed by atoms with Crippen molar-refractivity contribution in [1.82, 2.24) is 0 Å². The monoisotopic (exact) mass is 371 g/mol. The van der Waals surface area contributed by atoms with Crippen molar-refractivity contribution in [2.75, 3.05) is 13.2 Å². The minimum Gasteiger partial charge on any atom is -0.493 e. The molecule has 0 N–H and O–H groups in total. The molecule has 0 aromatic heterocycles. The average Bonchev–Trinajstić information content (AvgIpc) is 2.65. The van der Waals surface area contributed by atoms with Crippen molar-refractivity contribution in [3.05, 3.63) is 47.6 Å². The zero-order valence-electron chi connectivity index (χ0n) is 15.4. The van der Waals surface area contributed by atoms with Crippen LogP contribution in [0.3, 0.4) is 0 Å². The number of esters is 2. The van der Waals surface area contributed by atoms with Crippen LogP contribution in [0.2, 0.25) is 0 Å². The van der Waals surface area contributed by atoms with Crippen molar-refractivity contribution in [3.8, 4) is 11.8 Å². The predicted molar refractivity (Wildman–Crippen MR) is 97.7 cm³/mol. The van der Waals surface area contributed by atoms with E-state index in [4.69, 9.17) is 14.7 Å². The number of nitriles is 1. The highest BCUT2D eigenvalue weighted by Crippen LogP contribution is 2.22. The maximum absolute atomic E-state index is 12.1. The Balaban J connectivity index is 2.73. The summed E-state index contributed by atoms with van der Waals surface area (Å²) in [6, 6.07) is 6.86. The molecule has 1 unspecified atom stereocenters. The largest absolute Gasteiger partial charge is 0.493 e. The highest BCUT2D eigenvalue weighted by Gasteiger charge is 2.14. The minimum absolute atomic E-state index is 0.191. The van der Waals surface area contributed by atoms with Crippen molar-refractivity contribution in [2.45, 2.75) is 26.9 Å². The number of carbonyl (C=O) groups excluding carboxylic acids is 3. The van der Waals surface area contributed by atoms with Gasteiger partial charge in [0.1, 0.15) is 5.75 Å². The lowest BCUT2D eigenvalue weighted by molar-refractivity contribution is -0.148. The van der Waals surface area contributed by atoms with Gasteiger partial charge in [-0.3, -0.25) is 4.79 Å². The fourth-order valence-corrected chi connectivity index (χ4v) is 1.93. The predicted octanol–water partition coefficient (Wildman–Crippen LogP) is 2.59. The van der Waals surface area contributed by atoms with Crippen LogP contribution < -0.4 is 4.74 Å². The van der Waals surface area contributed by atoms with Crippen LogP contribution in [-0.4, -0.2) is 37.0 Å². The summed E-state index contributed by atoms with van der Waals surface area (Å²) in [6.45, 7) is 5.47. The van der Waals surface area contributed by atoms with E-state index in [9.17, 15) is 14.4 Å². The number of ketones is 1. The summed E-state index contributed by atoms with van der Waals surface area (Å²) in [7, 11) is 0. The SMILES string of the molecule is CCOC(=O)/C=C/C(=O)OC(C)C(=O)/C=C/c1ccc(C#N)cc1OCC. The molecule has 0 radical (unpaired) electrons. The molecule has 0 aliphatic rings. The Labute approximate surface area is 157 Å². The molecule has 0 aliphatic carbocycles. The maximum atomic E-state index is 12.1. The number of hydrogen-bond acceptors (Lipinski definition) is 7. The normalized spacial score (nSPS) is 11.8. The average molecular weight is 371 g/mol. The summed E-state index contributed by atoms with van der Waals surface area (Å²) >= 11 is 0. The molecular weight excluding hydrogens is 350 g/mol. The Morgan fingerprint density at radius 2 is 1.81 bits per heavy atom. The van der Waals surface area contributed by atoms with Crippen LogP contribution >= 0.6 is 0 Å². The first-order valence-corrected chi connectivity index (χ1v) is 8.35. The van der Waals surface area contributed by atoms with Crippen LogP contribution in [0.25, 0.3) is 6.08 Å². The van der Waals surface area contributed by atoms with Crippen molar-refractivity contribution in [3.63, 3.8) is 0 Å². The minimum atomic E-state index is -1.03. The number of ether oxygens (including phenoxy) is 3. The molecule has 1 aromatic carbocycles. The lowest BCUT2D eigenvalue weighted by atomic mass is 10.1. The van der Waals surface area contributed by atoms with Crippen LogP contribution in [-0.2, 0) is 23.9 Å². The van der Waals surface area contributed by atoms with Gasteiger partial charge in [-0.15, -0.1) is 0 Å².